The van der Waals surface area contributed by atoms with E-state index in [1.807, 2.05) is 30.3 Å². The number of aliphatic hydroxyl groups is 1. The van der Waals surface area contributed by atoms with Crippen LogP contribution in [-0.4, -0.2) is 40.3 Å². The number of rotatable bonds is 6. The van der Waals surface area contributed by atoms with Crippen LogP contribution in [0.25, 0.3) is 11.0 Å². The van der Waals surface area contributed by atoms with Crippen molar-refractivity contribution >= 4 is 16.9 Å². The van der Waals surface area contributed by atoms with Gasteiger partial charge in [-0.25, -0.2) is 4.79 Å². The molecule has 1 aromatic heterocycles. The summed E-state index contributed by atoms with van der Waals surface area (Å²) < 4.78 is 7.11. The molecule has 1 heterocycles. The molecular weight excluding hydrogens is 382 g/mol. The monoisotopic (exact) mass is 409 g/mol. The molecule has 7 nitrogen and oxygen atoms in total. The van der Waals surface area contributed by atoms with Gasteiger partial charge < -0.3 is 20.1 Å². The van der Waals surface area contributed by atoms with Gasteiger partial charge >= 0.3 is 5.69 Å². The fourth-order valence-corrected chi connectivity index (χ4v) is 4.27. The number of nitrogens with one attached hydrogen (secondary N) is 2. The summed E-state index contributed by atoms with van der Waals surface area (Å²) >= 11 is 0. The third-order valence-corrected chi connectivity index (χ3v) is 5.88. The van der Waals surface area contributed by atoms with E-state index in [2.05, 4.69) is 10.3 Å². The fourth-order valence-electron chi connectivity index (χ4n) is 4.27. The number of imidazole rings is 1. The van der Waals surface area contributed by atoms with Gasteiger partial charge in [0, 0.05) is 18.2 Å². The lowest BCUT2D eigenvalue weighted by Gasteiger charge is -2.26. The predicted octanol–water partition coefficient (Wildman–Crippen LogP) is 2.79. The SMILES string of the molecule is COc1ccccc1CCNC(=O)c1ccc2c(c1)[nH]c(=O)n2C1CCC(O)CC1. The Morgan fingerprint density at radius 1 is 1.20 bits per heavy atom. The van der Waals surface area contributed by atoms with Crippen LogP contribution in [0, 0.1) is 0 Å². The summed E-state index contributed by atoms with van der Waals surface area (Å²) in [6.07, 6.45) is 3.36. The number of hydrogen-bond donors (Lipinski definition) is 3. The van der Waals surface area contributed by atoms with Gasteiger partial charge in [-0.05, 0) is 61.9 Å². The van der Waals surface area contributed by atoms with Crippen LogP contribution in [0.3, 0.4) is 0 Å². The zero-order valence-electron chi connectivity index (χ0n) is 17.1. The number of carbonyl (C=O) groups is 1. The molecule has 0 radical (unpaired) electrons. The molecule has 0 unspecified atom stereocenters. The van der Waals surface area contributed by atoms with Crippen LogP contribution < -0.4 is 15.7 Å². The summed E-state index contributed by atoms with van der Waals surface area (Å²) in [6.45, 7) is 0.485. The second kappa shape index (κ2) is 8.75. The van der Waals surface area contributed by atoms with E-state index in [0.29, 0.717) is 36.9 Å². The molecule has 4 rings (SSSR count). The van der Waals surface area contributed by atoms with Crippen LogP contribution in [0.4, 0.5) is 0 Å². The van der Waals surface area contributed by atoms with Crippen LogP contribution in [-0.2, 0) is 6.42 Å². The van der Waals surface area contributed by atoms with E-state index in [1.165, 1.54) is 0 Å². The minimum atomic E-state index is -0.270. The fraction of sp³-hybridized carbons (Fsp3) is 0.391. The Kier molecular flexibility index (Phi) is 5.90. The van der Waals surface area contributed by atoms with E-state index >= 15 is 0 Å². The molecule has 0 atom stereocenters. The second-order valence-corrected chi connectivity index (χ2v) is 7.81. The van der Waals surface area contributed by atoms with Crippen LogP contribution in [0.5, 0.6) is 5.75 Å². The van der Waals surface area contributed by atoms with Crippen LogP contribution >= 0.6 is 0 Å². The summed E-state index contributed by atoms with van der Waals surface area (Å²) in [6, 6.07) is 13.1. The highest BCUT2D eigenvalue weighted by Gasteiger charge is 2.24. The number of H-pyrrole nitrogens is 1. The first-order valence-electron chi connectivity index (χ1n) is 10.4. The molecule has 3 N–H and O–H groups in total. The number of carbonyl (C=O) groups excluding carboxylic acids is 1. The number of hydrogen-bond acceptors (Lipinski definition) is 4. The lowest BCUT2D eigenvalue weighted by atomic mass is 9.93. The lowest BCUT2D eigenvalue weighted by Crippen LogP contribution is -2.27. The molecule has 1 saturated carbocycles. The molecule has 0 bridgehead atoms. The Morgan fingerprint density at radius 3 is 2.73 bits per heavy atom. The van der Waals surface area contributed by atoms with Crippen molar-refractivity contribution < 1.29 is 14.6 Å². The van der Waals surface area contributed by atoms with Crippen molar-refractivity contribution in [2.24, 2.45) is 0 Å². The summed E-state index contributed by atoms with van der Waals surface area (Å²) in [5.74, 6) is 0.628. The third kappa shape index (κ3) is 4.11. The first-order valence-corrected chi connectivity index (χ1v) is 10.4. The van der Waals surface area contributed by atoms with Gasteiger partial charge in [0.1, 0.15) is 5.75 Å². The molecule has 1 aliphatic rings. The van der Waals surface area contributed by atoms with Crippen LogP contribution in [0.2, 0.25) is 0 Å². The highest BCUT2D eigenvalue weighted by molar-refractivity contribution is 5.97. The van der Waals surface area contributed by atoms with Crippen molar-refractivity contribution in [2.75, 3.05) is 13.7 Å². The number of aromatic nitrogens is 2. The van der Waals surface area contributed by atoms with Gasteiger partial charge in [0.05, 0.1) is 24.2 Å². The van der Waals surface area contributed by atoms with Crippen molar-refractivity contribution in [3.63, 3.8) is 0 Å². The van der Waals surface area contributed by atoms with Gasteiger partial charge in [0.15, 0.2) is 0 Å². The number of fused-ring (bicyclic) bond motifs is 1. The maximum Gasteiger partial charge on any atom is 0.326 e. The van der Waals surface area contributed by atoms with Crippen molar-refractivity contribution in [3.05, 3.63) is 64.1 Å². The molecule has 1 aliphatic carbocycles. The van der Waals surface area contributed by atoms with E-state index in [0.717, 1.165) is 29.7 Å². The smallest absolute Gasteiger partial charge is 0.326 e. The topological polar surface area (TPSA) is 96.4 Å². The Balaban J connectivity index is 1.46. The Bertz CT molecular complexity index is 1090. The Morgan fingerprint density at radius 2 is 1.97 bits per heavy atom. The molecule has 158 valence electrons. The molecule has 0 saturated heterocycles. The van der Waals surface area contributed by atoms with Crippen LogP contribution in [0.15, 0.2) is 47.3 Å². The van der Waals surface area contributed by atoms with E-state index in [-0.39, 0.29) is 23.7 Å². The molecule has 2 aromatic carbocycles. The van der Waals surface area contributed by atoms with Crippen molar-refractivity contribution in [1.29, 1.82) is 0 Å². The minimum Gasteiger partial charge on any atom is -0.496 e. The van der Waals surface area contributed by atoms with Gasteiger partial charge in [-0.3, -0.25) is 9.36 Å². The van der Waals surface area contributed by atoms with Gasteiger partial charge in [0.25, 0.3) is 5.91 Å². The maximum atomic E-state index is 12.6. The summed E-state index contributed by atoms with van der Waals surface area (Å²) in [7, 11) is 1.63. The van der Waals surface area contributed by atoms with Crippen molar-refractivity contribution in [3.8, 4) is 5.75 Å². The average molecular weight is 409 g/mol. The number of para-hydroxylation sites is 1. The number of amides is 1. The average Bonchev–Trinajstić information content (AvgIpc) is 3.09. The normalized spacial score (nSPS) is 19.0. The quantitative estimate of drug-likeness (QED) is 0.583. The highest BCUT2D eigenvalue weighted by atomic mass is 16.5. The minimum absolute atomic E-state index is 0.0789. The Hall–Kier alpha value is -3.06. The largest absolute Gasteiger partial charge is 0.496 e. The molecule has 3 aromatic rings. The van der Waals surface area contributed by atoms with E-state index in [1.54, 1.807) is 23.8 Å². The Labute approximate surface area is 174 Å². The van der Waals surface area contributed by atoms with Crippen LogP contribution in [0.1, 0.15) is 47.6 Å². The summed E-state index contributed by atoms with van der Waals surface area (Å²) in [4.78, 5) is 28.0. The number of aliphatic hydroxyl groups excluding tert-OH is 1. The van der Waals surface area contributed by atoms with E-state index in [9.17, 15) is 14.7 Å². The van der Waals surface area contributed by atoms with Crippen molar-refractivity contribution in [2.45, 2.75) is 44.2 Å². The van der Waals surface area contributed by atoms with Gasteiger partial charge in [-0.2, -0.15) is 0 Å². The first-order chi connectivity index (χ1) is 14.6. The highest BCUT2D eigenvalue weighted by Crippen LogP contribution is 2.30. The third-order valence-electron chi connectivity index (χ3n) is 5.88. The molecule has 1 amide bonds. The van der Waals surface area contributed by atoms with Gasteiger partial charge in [0.2, 0.25) is 0 Å². The molecule has 30 heavy (non-hydrogen) atoms. The zero-order valence-corrected chi connectivity index (χ0v) is 17.1. The van der Waals surface area contributed by atoms with Gasteiger partial charge in [-0.1, -0.05) is 18.2 Å². The summed E-state index contributed by atoms with van der Waals surface area (Å²) in [5, 5.41) is 12.7. The summed E-state index contributed by atoms with van der Waals surface area (Å²) in [5.41, 5.74) is 2.83. The zero-order chi connectivity index (χ0) is 21.1. The van der Waals surface area contributed by atoms with Gasteiger partial charge in [-0.15, -0.1) is 0 Å². The number of nitrogens with zero attached hydrogens (tertiary/aromatic N) is 1. The number of aromatic amines is 1. The molecule has 7 heteroatoms. The number of ether oxygens (including phenoxy) is 1. The van der Waals surface area contributed by atoms with Crippen molar-refractivity contribution in [1.82, 2.24) is 14.9 Å². The number of benzene rings is 2. The first kappa shape index (κ1) is 20.2. The maximum absolute atomic E-state index is 12.6. The molecule has 1 fully saturated rings. The van der Waals surface area contributed by atoms with E-state index in [4.69, 9.17) is 4.74 Å². The molecule has 0 aliphatic heterocycles. The molecule has 0 spiro atoms. The predicted molar refractivity (Wildman–Crippen MR) is 115 cm³/mol. The second-order valence-electron chi connectivity index (χ2n) is 7.81. The standard InChI is InChI=1S/C23H27N3O4/c1-30-21-5-3-2-4-15(21)12-13-24-22(28)16-6-11-20-19(14-16)25-23(29)26(20)17-7-9-18(27)10-8-17/h2-6,11,14,17-18,27H,7-10,12-13H2,1H3,(H,24,28)(H,25,29). The molecular formula is C23H27N3O4. The number of methoxy groups -OCH3 is 1. The van der Waals surface area contributed by atoms with E-state index < -0.39 is 0 Å². The lowest BCUT2D eigenvalue weighted by molar-refractivity contribution is 0.0954.